The molecule has 1 aliphatic rings. The monoisotopic (exact) mass is 428 g/mol. The van der Waals surface area contributed by atoms with Gasteiger partial charge in [0.15, 0.2) is 5.17 Å². The van der Waals surface area contributed by atoms with Crippen LogP contribution in [0.3, 0.4) is 0 Å². The molecule has 1 aliphatic heterocycles. The Kier molecular flexibility index (Phi) is 6.53. The van der Waals surface area contributed by atoms with Gasteiger partial charge in [0.05, 0.1) is 17.7 Å². The molecule has 1 amide bonds. The number of hydrogen-bond donors (Lipinski definition) is 0. The minimum atomic E-state index is -0.0189. The van der Waals surface area contributed by atoms with Crippen molar-refractivity contribution in [2.24, 2.45) is 4.99 Å². The Labute approximate surface area is 187 Å². The zero-order valence-electron chi connectivity index (χ0n) is 17.6. The highest BCUT2D eigenvalue weighted by molar-refractivity contribution is 8.18. The fraction of sp³-hybridized carbons (Fsp3) is 0.154. The molecular weight excluding hydrogens is 404 g/mol. The van der Waals surface area contributed by atoms with Gasteiger partial charge in [0, 0.05) is 6.54 Å². The summed E-state index contributed by atoms with van der Waals surface area (Å²) in [6.45, 7) is 2.63. The van der Waals surface area contributed by atoms with Crippen LogP contribution in [-0.2, 0) is 11.2 Å². The topological polar surface area (TPSA) is 41.9 Å². The van der Waals surface area contributed by atoms with E-state index in [1.54, 1.807) is 12.0 Å². The summed E-state index contributed by atoms with van der Waals surface area (Å²) in [5.74, 6) is 0.744. The maximum Gasteiger partial charge on any atom is 0.266 e. The molecule has 0 spiro atoms. The number of hydrogen-bond acceptors (Lipinski definition) is 4. The summed E-state index contributed by atoms with van der Waals surface area (Å²) in [6.07, 6.45) is 2.68. The highest BCUT2D eigenvalue weighted by Crippen LogP contribution is 2.34. The van der Waals surface area contributed by atoms with E-state index >= 15 is 0 Å². The standard InChI is InChI=1S/C26H24N2O2S/c1-19-11-13-22(14-12-19)27-26-28(16-15-20-7-4-3-5-8-20)25(29)24(31-26)18-21-9-6-10-23(17-21)30-2/h3-14,17-18H,15-16H2,1-2H3/b24-18+,27-26?. The molecular formula is C26H24N2O2S. The number of rotatable bonds is 6. The second kappa shape index (κ2) is 9.67. The van der Waals surface area contributed by atoms with Crippen molar-refractivity contribution in [3.05, 3.63) is 100 Å². The smallest absolute Gasteiger partial charge is 0.266 e. The van der Waals surface area contributed by atoms with Crippen LogP contribution in [0.4, 0.5) is 5.69 Å². The summed E-state index contributed by atoms with van der Waals surface area (Å²) in [5, 5.41) is 0.707. The highest BCUT2D eigenvalue weighted by Gasteiger charge is 2.33. The Balaban J connectivity index is 1.63. The summed E-state index contributed by atoms with van der Waals surface area (Å²) in [4.78, 5) is 20.5. The quantitative estimate of drug-likeness (QED) is 0.463. The van der Waals surface area contributed by atoms with Crippen LogP contribution in [0.25, 0.3) is 6.08 Å². The largest absolute Gasteiger partial charge is 0.497 e. The number of benzene rings is 3. The number of methoxy groups -OCH3 is 1. The normalized spacial score (nSPS) is 16.3. The van der Waals surface area contributed by atoms with Crippen molar-refractivity contribution in [3.63, 3.8) is 0 Å². The molecule has 156 valence electrons. The zero-order chi connectivity index (χ0) is 21.6. The second-order valence-electron chi connectivity index (χ2n) is 7.31. The van der Waals surface area contributed by atoms with Gasteiger partial charge in [-0.3, -0.25) is 9.69 Å². The van der Waals surface area contributed by atoms with Gasteiger partial charge >= 0.3 is 0 Å². The van der Waals surface area contributed by atoms with Crippen molar-refractivity contribution < 1.29 is 9.53 Å². The molecule has 5 heteroatoms. The Bertz CT molecular complexity index is 1120. The number of amides is 1. The Morgan fingerprint density at radius 2 is 1.77 bits per heavy atom. The van der Waals surface area contributed by atoms with Gasteiger partial charge in [0.1, 0.15) is 5.75 Å². The Morgan fingerprint density at radius 1 is 1.00 bits per heavy atom. The summed E-state index contributed by atoms with van der Waals surface area (Å²) >= 11 is 1.42. The molecule has 0 N–H and O–H groups in total. The minimum absolute atomic E-state index is 0.0189. The number of aliphatic imine (C=N–C) groups is 1. The van der Waals surface area contributed by atoms with E-state index in [9.17, 15) is 4.79 Å². The average molecular weight is 429 g/mol. The van der Waals surface area contributed by atoms with E-state index < -0.39 is 0 Å². The van der Waals surface area contributed by atoms with Crippen molar-refractivity contribution in [1.29, 1.82) is 0 Å². The molecule has 4 rings (SSSR count). The maximum atomic E-state index is 13.3. The first-order chi connectivity index (χ1) is 15.1. The lowest BCUT2D eigenvalue weighted by Gasteiger charge is -2.15. The predicted octanol–water partition coefficient (Wildman–Crippen LogP) is 5.85. The molecule has 3 aromatic rings. The van der Waals surface area contributed by atoms with E-state index in [2.05, 4.69) is 12.1 Å². The first-order valence-corrected chi connectivity index (χ1v) is 11.0. The van der Waals surface area contributed by atoms with Crippen LogP contribution >= 0.6 is 11.8 Å². The van der Waals surface area contributed by atoms with Gasteiger partial charge in [-0.2, -0.15) is 0 Å². The molecule has 0 radical (unpaired) electrons. The fourth-order valence-electron chi connectivity index (χ4n) is 3.29. The van der Waals surface area contributed by atoms with E-state index in [0.29, 0.717) is 16.6 Å². The molecule has 1 heterocycles. The molecule has 31 heavy (non-hydrogen) atoms. The van der Waals surface area contributed by atoms with Crippen LogP contribution in [0.5, 0.6) is 5.75 Å². The summed E-state index contributed by atoms with van der Waals surface area (Å²) in [7, 11) is 1.64. The predicted molar refractivity (Wildman–Crippen MR) is 129 cm³/mol. The van der Waals surface area contributed by atoms with Gasteiger partial charge in [-0.25, -0.2) is 4.99 Å². The van der Waals surface area contributed by atoms with Gasteiger partial charge in [-0.1, -0.05) is 60.2 Å². The van der Waals surface area contributed by atoms with Crippen LogP contribution < -0.4 is 4.74 Å². The van der Waals surface area contributed by atoms with Gasteiger partial charge in [-0.05, 0) is 66.6 Å². The zero-order valence-corrected chi connectivity index (χ0v) is 18.4. The molecule has 1 saturated heterocycles. The summed E-state index contributed by atoms with van der Waals surface area (Å²) < 4.78 is 5.31. The van der Waals surface area contributed by atoms with Gasteiger partial charge in [0.2, 0.25) is 0 Å². The lowest BCUT2D eigenvalue weighted by molar-refractivity contribution is -0.122. The molecule has 0 aromatic heterocycles. The third kappa shape index (κ3) is 5.25. The molecule has 0 bridgehead atoms. The fourth-order valence-corrected chi connectivity index (χ4v) is 4.31. The number of aryl methyl sites for hydroxylation is 1. The highest BCUT2D eigenvalue weighted by atomic mass is 32.2. The number of thioether (sulfide) groups is 1. The van der Waals surface area contributed by atoms with Crippen molar-refractivity contribution in [2.45, 2.75) is 13.3 Å². The lowest BCUT2D eigenvalue weighted by Crippen LogP contribution is -2.31. The number of carbonyl (C=O) groups excluding carboxylic acids is 1. The van der Waals surface area contributed by atoms with Crippen LogP contribution in [0.2, 0.25) is 0 Å². The average Bonchev–Trinajstić information content (AvgIpc) is 3.08. The molecule has 0 unspecified atom stereocenters. The molecule has 1 fully saturated rings. The number of ether oxygens (including phenoxy) is 1. The first kappa shape index (κ1) is 20.9. The molecule has 0 aliphatic carbocycles. The third-order valence-electron chi connectivity index (χ3n) is 5.01. The summed E-state index contributed by atoms with van der Waals surface area (Å²) in [6, 6.07) is 25.9. The molecule has 0 atom stereocenters. The van der Waals surface area contributed by atoms with Crippen molar-refractivity contribution in [2.75, 3.05) is 13.7 Å². The third-order valence-corrected chi connectivity index (χ3v) is 6.01. The van der Waals surface area contributed by atoms with E-state index in [4.69, 9.17) is 9.73 Å². The SMILES string of the molecule is COc1cccc(/C=C2/SC(=Nc3ccc(C)cc3)N(CCc3ccccc3)C2=O)c1. The van der Waals surface area contributed by atoms with E-state index in [-0.39, 0.29) is 5.91 Å². The van der Waals surface area contributed by atoms with Crippen LogP contribution in [0.15, 0.2) is 88.8 Å². The van der Waals surface area contributed by atoms with Crippen LogP contribution in [0.1, 0.15) is 16.7 Å². The van der Waals surface area contributed by atoms with E-state index in [1.165, 1.54) is 22.9 Å². The van der Waals surface area contributed by atoms with Gasteiger partial charge in [0.25, 0.3) is 5.91 Å². The second-order valence-corrected chi connectivity index (χ2v) is 8.32. The Hall–Kier alpha value is -3.31. The van der Waals surface area contributed by atoms with Crippen LogP contribution in [0, 0.1) is 6.92 Å². The van der Waals surface area contributed by atoms with Crippen LogP contribution in [-0.4, -0.2) is 29.6 Å². The first-order valence-electron chi connectivity index (χ1n) is 10.2. The maximum absolute atomic E-state index is 13.3. The number of nitrogens with zero attached hydrogens (tertiary/aromatic N) is 2. The summed E-state index contributed by atoms with van der Waals surface area (Å²) in [5.41, 5.74) is 4.14. The van der Waals surface area contributed by atoms with Gasteiger partial charge < -0.3 is 4.74 Å². The minimum Gasteiger partial charge on any atom is -0.497 e. The number of amidine groups is 1. The lowest BCUT2D eigenvalue weighted by atomic mass is 10.1. The van der Waals surface area contributed by atoms with Crippen molar-refractivity contribution in [3.8, 4) is 5.75 Å². The van der Waals surface area contributed by atoms with E-state index in [0.717, 1.165) is 23.4 Å². The van der Waals surface area contributed by atoms with E-state index in [1.807, 2.05) is 79.7 Å². The van der Waals surface area contributed by atoms with Crippen molar-refractivity contribution >= 4 is 34.6 Å². The number of carbonyl (C=O) groups is 1. The Morgan fingerprint density at radius 3 is 2.52 bits per heavy atom. The molecule has 4 nitrogen and oxygen atoms in total. The van der Waals surface area contributed by atoms with Crippen molar-refractivity contribution in [1.82, 2.24) is 4.90 Å². The van der Waals surface area contributed by atoms with Gasteiger partial charge in [-0.15, -0.1) is 0 Å². The molecule has 0 saturated carbocycles. The molecule has 3 aromatic carbocycles.